The quantitative estimate of drug-likeness (QED) is 0.761. The smallest absolute Gasteiger partial charge is 0.182 e. The van der Waals surface area contributed by atoms with E-state index in [1.807, 2.05) is 12.1 Å². The van der Waals surface area contributed by atoms with Crippen LogP contribution in [0.25, 0.3) is 11.2 Å². The predicted molar refractivity (Wildman–Crippen MR) is 86.7 cm³/mol. The van der Waals surface area contributed by atoms with E-state index in [4.69, 9.17) is 4.74 Å². The number of aromatic amines is 1. The Labute approximate surface area is 135 Å². The van der Waals surface area contributed by atoms with Gasteiger partial charge in [-0.3, -0.25) is 0 Å². The number of hydrogen-bond acceptors (Lipinski definition) is 5. The van der Waals surface area contributed by atoms with Crippen molar-refractivity contribution in [2.45, 2.75) is 6.10 Å². The van der Waals surface area contributed by atoms with Crippen molar-refractivity contribution in [2.24, 2.45) is 0 Å². The van der Waals surface area contributed by atoms with E-state index in [0.717, 1.165) is 28.9 Å². The van der Waals surface area contributed by atoms with E-state index in [1.165, 1.54) is 5.56 Å². The molecule has 22 heavy (non-hydrogen) atoms. The number of imidazole rings is 1. The molecule has 1 aromatic carbocycles. The zero-order valence-electron chi connectivity index (χ0n) is 11.7. The topological polar surface area (TPSA) is 66.9 Å². The highest BCUT2D eigenvalue weighted by Crippen LogP contribution is 2.28. The summed E-state index contributed by atoms with van der Waals surface area (Å²) in [5.74, 6) is 0.882. The summed E-state index contributed by atoms with van der Waals surface area (Å²) < 4.78 is 6.99. The van der Waals surface area contributed by atoms with Gasteiger partial charge in [-0.1, -0.05) is 28.1 Å². The first-order valence-corrected chi connectivity index (χ1v) is 7.86. The normalized spacial score (nSPS) is 18.8. The van der Waals surface area contributed by atoms with E-state index >= 15 is 0 Å². The van der Waals surface area contributed by atoms with Gasteiger partial charge < -0.3 is 14.6 Å². The summed E-state index contributed by atoms with van der Waals surface area (Å²) in [5.41, 5.74) is 2.73. The Morgan fingerprint density at radius 1 is 1.18 bits per heavy atom. The number of nitrogens with one attached hydrogen (secondary N) is 1. The summed E-state index contributed by atoms with van der Waals surface area (Å²) >= 11 is 3.46. The van der Waals surface area contributed by atoms with Crippen molar-refractivity contribution < 1.29 is 4.74 Å². The van der Waals surface area contributed by atoms with Crippen LogP contribution in [0.5, 0.6) is 0 Å². The van der Waals surface area contributed by atoms with Gasteiger partial charge in [-0.2, -0.15) is 0 Å². The van der Waals surface area contributed by atoms with E-state index in [2.05, 4.69) is 52.9 Å². The number of ether oxygens (including phenoxy) is 1. The van der Waals surface area contributed by atoms with Gasteiger partial charge in [-0.15, -0.1) is 0 Å². The lowest BCUT2D eigenvalue weighted by Gasteiger charge is -2.34. The Balaban J connectivity index is 1.63. The fourth-order valence-electron chi connectivity index (χ4n) is 2.71. The molecule has 0 spiro atoms. The fraction of sp³-hybridized carbons (Fsp3) is 0.267. The van der Waals surface area contributed by atoms with E-state index in [-0.39, 0.29) is 6.10 Å². The molecule has 1 fully saturated rings. The molecule has 1 N–H and O–H groups in total. The molecule has 4 rings (SSSR count). The monoisotopic (exact) mass is 359 g/mol. The molecule has 6 nitrogen and oxygen atoms in total. The number of morpholine rings is 1. The van der Waals surface area contributed by atoms with Gasteiger partial charge in [-0.25, -0.2) is 15.0 Å². The molecule has 0 unspecified atom stereocenters. The summed E-state index contributed by atoms with van der Waals surface area (Å²) in [6.45, 7) is 2.23. The van der Waals surface area contributed by atoms with Crippen molar-refractivity contribution >= 4 is 32.9 Å². The Morgan fingerprint density at radius 3 is 2.91 bits per heavy atom. The third-order valence-corrected chi connectivity index (χ3v) is 4.34. The molecular formula is C15H14BrN5O. The predicted octanol–water partition coefficient (Wildman–Crippen LogP) is 2.69. The standard InChI is InChI=1S/C15H14BrN5O/c16-11-3-1-10(2-4-11)12-7-21(5-6-22-12)15-13-14(18-8-17-13)19-9-20-15/h1-4,8-9,12H,5-7H2,(H,17,18,19,20)/t12-/m0/s1. The second kappa shape index (κ2) is 5.66. The second-order valence-corrected chi connectivity index (χ2v) is 6.07. The minimum absolute atomic E-state index is 0.0368. The Hall–Kier alpha value is -1.99. The van der Waals surface area contributed by atoms with Crippen molar-refractivity contribution in [3.63, 3.8) is 0 Å². The molecule has 1 atom stereocenters. The number of nitrogens with zero attached hydrogens (tertiary/aromatic N) is 4. The van der Waals surface area contributed by atoms with Crippen LogP contribution < -0.4 is 4.90 Å². The number of anilines is 1. The number of aromatic nitrogens is 4. The number of rotatable bonds is 2. The maximum atomic E-state index is 5.92. The molecule has 0 amide bonds. The molecule has 112 valence electrons. The molecular weight excluding hydrogens is 346 g/mol. The lowest BCUT2D eigenvalue weighted by Crippen LogP contribution is -2.39. The number of benzene rings is 1. The molecule has 3 aromatic rings. The van der Waals surface area contributed by atoms with Crippen molar-refractivity contribution in [1.29, 1.82) is 0 Å². The van der Waals surface area contributed by atoms with Crippen LogP contribution in [-0.4, -0.2) is 39.6 Å². The molecule has 1 saturated heterocycles. The molecule has 2 aromatic heterocycles. The Kier molecular flexibility index (Phi) is 3.51. The van der Waals surface area contributed by atoms with Gasteiger partial charge in [0.1, 0.15) is 17.9 Å². The number of H-pyrrole nitrogens is 1. The summed E-state index contributed by atoms with van der Waals surface area (Å²) in [6, 6.07) is 8.25. The highest BCUT2D eigenvalue weighted by molar-refractivity contribution is 9.10. The van der Waals surface area contributed by atoms with Gasteiger partial charge >= 0.3 is 0 Å². The van der Waals surface area contributed by atoms with Crippen molar-refractivity contribution in [3.05, 3.63) is 47.0 Å². The van der Waals surface area contributed by atoms with Crippen LogP contribution >= 0.6 is 15.9 Å². The van der Waals surface area contributed by atoms with Gasteiger partial charge in [0.2, 0.25) is 0 Å². The molecule has 7 heteroatoms. The Bertz CT molecular complexity index is 788. The van der Waals surface area contributed by atoms with Crippen LogP contribution in [0.3, 0.4) is 0 Å². The number of fused-ring (bicyclic) bond motifs is 1. The van der Waals surface area contributed by atoms with Gasteiger partial charge in [-0.05, 0) is 17.7 Å². The van der Waals surface area contributed by atoms with Gasteiger partial charge in [0.15, 0.2) is 11.5 Å². The molecule has 0 bridgehead atoms. The molecule has 0 radical (unpaired) electrons. The molecule has 1 aliphatic heterocycles. The maximum Gasteiger partial charge on any atom is 0.182 e. The van der Waals surface area contributed by atoms with Crippen LogP contribution in [0.2, 0.25) is 0 Å². The average Bonchev–Trinajstić information content (AvgIpc) is 3.04. The van der Waals surface area contributed by atoms with Gasteiger partial charge in [0.05, 0.1) is 12.9 Å². The van der Waals surface area contributed by atoms with E-state index in [0.29, 0.717) is 12.3 Å². The van der Waals surface area contributed by atoms with Crippen LogP contribution in [0.15, 0.2) is 41.4 Å². The number of hydrogen-bond donors (Lipinski definition) is 1. The Morgan fingerprint density at radius 2 is 2.05 bits per heavy atom. The van der Waals surface area contributed by atoms with Crippen LogP contribution in [0, 0.1) is 0 Å². The third kappa shape index (κ3) is 2.46. The van der Waals surface area contributed by atoms with Crippen LogP contribution in [0.4, 0.5) is 5.82 Å². The first kappa shape index (κ1) is 13.7. The van der Waals surface area contributed by atoms with Crippen molar-refractivity contribution in [3.8, 4) is 0 Å². The first-order chi connectivity index (χ1) is 10.8. The maximum absolute atomic E-state index is 5.92. The van der Waals surface area contributed by atoms with Gasteiger partial charge in [0.25, 0.3) is 0 Å². The molecule has 0 aliphatic carbocycles. The first-order valence-electron chi connectivity index (χ1n) is 7.07. The van der Waals surface area contributed by atoms with Crippen molar-refractivity contribution in [1.82, 2.24) is 19.9 Å². The highest BCUT2D eigenvalue weighted by atomic mass is 79.9. The zero-order chi connectivity index (χ0) is 14.9. The van der Waals surface area contributed by atoms with E-state index < -0.39 is 0 Å². The largest absolute Gasteiger partial charge is 0.370 e. The van der Waals surface area contributed by atoms with Crippen LogP contribution in [-0.2, 0) is 4.74 Å². The SMILES string of the molecule is Brc1ccc([C@@H]2CN(c3ncnc4nc[nH]c34)CCO2)cc1. The lowest BCUT2D eigenvalue weighted by atomic mass is 10.1. The minimum Gasteiger partial charge on any atom is -0.370 e. The zero-order valence-corrected chi connectivity index (χ0v) is 13.3. The molecule has 0 saturated carbocycles. The molecule has 3 heterocycles. The van der Waals surface area contributed by atoms with Gasteiger partial charge in [0, 0.05) is 17.6 Å². The number of halogens is 1. The average molecular weight is 360 g/mol. The summed E-state index contributed by atoms with van der Waals surface area (Å²) in [5, 5.41) is 0. The third-order valence-electron chi connectivity index (χ3n) is 3.81. The minimum atomic E-state index is 0.0368. The second-order valence-electron chi connectivity index (χ2n) is 5.16. The highest BCUT2D eigenvalue weighted by Gasteiger charge is 2.24. The summed E-state index contributed by atoms with van der Waals surface area (Å²) in [6.07, 6.45) is 3.24. The van der Waals surface area contributed by atoms with E-state index in [1.54, 1.807) is 12.7 Å². The summed E-state index contributed by atoms with van der Waals surface area (Å²) in [4.78, 5) is 18.1. The molecule has 1 aliphatic rings. The van der Waals surface area contributed by atoms with Crippen molar-refractivity contribution in [2.75, 3.05) is 24.6 Å². The van der Waals surface area contributed by atoms with Crippen LogP contribution in [0.1, 0.15) is 11.7 Å². The van der Waals surface area contributed by atoms with E-state index in [9.17, 15) is 0 Å². The lowest BCUT2D eigenvalue weighted by molar-refractivity contribution is 0.0396. The fourth-order valence-corrected chi connectivity index (χ4v) is 2.98. The summed E-state index contributed by atoms with van der Waals surface area (Å²) in [7, 11) is 0.